The van der Waals surface area contributed by atoms with Crippen LogP contribution in [0.2, 0.25) is 0 Å². The summed E-state index contributed by atoms with van der Waals surface area (Å²) in [6.45, 7) is 5.07. The number of hydrogen-bond acceptors (Lipinski definition) is 0. The van der Waals surface area contributed by atoms with Gasteiger partial charge in [0.05, 0.1) is 0 Å². The SMILES string of the molecule is CC(C)C1(C(C)(F)F)CC2CCC1C2. The molecule has 0 amide bonds. The molecule has 3 unspecified atom stereocenters. The highest BCUT2D eigenvalue weighted by molar-refractivity contribution is 5.07. The molecule has 0 N–H and O–H groups in total. The van der Waals surface area contributed by atoms with E-state index in [4.69, 9.17) is 0 Å². The van der Waals surface area contributed by atoms with Gasteiger partial charge in [0.15, 0.2) is 0 Å². The second kappa shape index (κ2) is 2.93. The van der Waals surface area contributed by atoms with Gasteiger partial charge in [-0.15, -0.1) is 0 Å². The van der Waals surface area contributed by atoms with Gasteiger partial charge in [0.1, 0.15) is 0 Å². The topological polar surface area (TPSA) is 0 Å². The summed E-state index contributed by atoms with van der Waals surface area (Å²) in [6.07, 6.45) is 4.04. The van der Waals surface area contributed by atoms with Crippen molar-refractivity contribution in [3.63, 3.8) is 0 Å². The molecule has 2 rings (SSSR count). The highest BCUT2D eigenvalue weighted by Gasteiger charge is 2.62. The summed E-state index contributed by atoms with van der Waals surface area (Å²) in [7, 11) is 0. The van der Waals surface area contributed by atoms with E-state index in [0.29, 0.717) is 5.92 Å². The van der Waals surface area contributed by atoms with Gasteiger partial charge in [0.2, 0.25) is 0 Å². The molecule has 0 saturated heterocycles. The van der Waals surface area contributed by atoms with Crippen LogP contribution < -0.4 is 0 Å². The van der Waals surface area contributed by atoms with Gasteiger partial charge >= 0.3 is 0 Å². The van der Waals surface area contributed by atoms with E-state index in [-0.39, 0.29) is 11.8 Å². The minimum absolute atomic E-state index is 0.109. The van der Waals surface area contributed by atoms with Gasteiger partial charge in [0.25, 0.3) is 5.92 Å². The van der Waals surface area contributed by atoms with Crippen molar-refractivity contribution in [2.45, 2.75) is 52.4 Å². The zero-order chi connectivity index (χ0) is 10.6. The summed E-state index contributed by atoms with van der Waals surface area (Å²) >= 11 is 0. The lowest BCUT2D eigenvalue weighted by molar-refractivity contribution is -0.159. The molecule has 0 nitrogen and oxygen atoms in total. The quantitative estimate of drug-likeness (QED) is 0.632. The van der Waals surface area contributed by atoms with Crippen molar-refractivity contribution in [2.24, 2.45) is 23.2 Å². The average molecular weight is 202 g/mol. The van der Waals surface area contributed by atoms with Crippen molar-refractivity contribution < 1.29 is 8.78 Å². The fourth-order valence-electron chi connectivity index (χ4n) is 4.12. The summed E-state index contributed by atoms with van der Waals surface area (Å²) < 4.78 is 27.6. The molecule has 0 aromatic carbocycles. The van der Waals surface area contributed by atoms with Crippen LogP contribution in [-0.2, 0) is 0 Å². The summed E-state index contributed by atoms with van der Waals surface area (Å²) in [4.78, 5) is 0. The third-order valence-electron chi connectivity index (χ3n) is 4.74. The van der Waals surface area contributed by atoms with Crippen molar-refractivity contribution in [3.8, 4) is 0 Å². The van der Waals surface area contributed by atoms with E-state index in [9.17, 15) is 8.78 Å². The maximum absolute atomic E-state index is 13.8. The Labute approximate surface area is 85.1 Å². The van der Waals surface area contributed by atoms with E-state index in [1.165, 1.54) is 6.42 Å². The number of hydrogen-bond donors (Lipinski definition) is 0. The number of alkyl halides is 2. The Bertz CT molecular complexity index is 229. The molecule has 0 aromatic heterocycles. The Kier molecular flexibility index (Phi) is 2.17. The standard InChI is InChI=1S/C12H20F2/c1-8(2)12(11(3,13)14)7-9-4-5-10(12)6-9/h8-10H,4-7H2,1-3H3. The molecule has 2 saturated carbocycles. The lowest BCUT2D eigenvalue weighted by Crippen LogP contribution is -2.47. The molecule has 82 valence electrons. The van der Waals surface area contributed by atoms with Crippen LogP contribution in [-0.4, -0.2) is 5.92 Å². The molecule has 2 aliphatic carbocycles. The molecule has 0 heterocycles. The molecule has 0 aromatic rings. The maximum atomic E-state index is 13.8. The molecule has 2 aliphatic rings. The minimum atomic E-state index is -2.50. The molecule has 2 bridgehead atoms. The van der Waals surface area contributed by atoms with E-state index in [0.717, 1.165) is 26.2 Å². The largest absolute Gasteiger partial charge is 0.251 e. The van der Waals surface area contributed by atoms with Gasteiger partial charge in [-0.3, -0.25) is 0 Å². The molecule has 0 aliphatic heterocycles. The lowest BCUT2D eigenvalue weighted by atomic mass is 9.62. The van der Waals surface area contributed by atoms with E-state index in [1.807, 2.05) is 13.8 Å². The van der Waals surface area contributed by atoms with Crippen LogP contribution in [0.15, 0.2) is 0 Å². The molecule has 0 radical (unpaired) electrons. The zero-order valence-corrected chi connectivity index (χ0v) is 9.32. The number of rotatable bonds is 2. The predicted octanol–water partition coefficient (Wildman–Crippen LogP) is 4.10. The first kappa shape index (κ1) is 10.4. The molecular formula is C12H20F2. The van der Waals surface area contributed by atoms with Crippen molar-refractivity contribution in [3.05, 3.63) is 0 Å². The Balaban J connectivity index is 2.34. The summed E-state index contributed by atoms with van der Waals surface area (Å²) in [6, 6.07) is 0. The fourth-order valence-corrected chi connectivity index (χ4v) is 4.12. The Hall–Kier alpha value is -0.140. The van der Waals surface area contributed by atoms with Gasteiger partial charge in [-0.05, 0) is 43.9 Å². The van der Waals surface area contributed by atoms with E-state index >= 15 is 0 Å². The monoisotopic (exact) mass is 202 g/mol. The highest BCUT2D eigenvalue weighted by atomic mass is 19.3. The third kappa shape index (κ3) is 1.15. The summed E-state index contributed by atoms with van der Waals surface area (Å²) in [5, 5.41) is 0. The first-order valence-electron chi connectivity index (χ1n) is 5.75. The second-order valence-electron chi connectivity index (χ2n) is 5.66. The highest BCUT2D eigenvalue weighted by Crippen LogP contribution is 2.64. The summed E-state index contributed by atoms with van der Waals surface area (Å²) in [5.41, 5.74) is -0.685. The van der Waals surface area contributed by atoms with E-state index in [1.54, 1.807) is 0 Å². The smallest absolute Gasteiger partial charge is 0.207 e. The van der Waals surface area contributed by atoms with Crippen molar-refractivity contribution >= 4 is 0 Å². The van der Waals surface area contributed by atoms with Gasteiger partial charge in [0, 0.05) is 5.41 Å². The third-order valence-corrected chi connectivity index (χ3v) is 4.74. The molecule has 2 heteroatoms. The van der Waals surface area contributed by atoms with Crippen LogP contribution in [0.1, 0.15) is 46.5 Å². The van der Waals surface area contributed by atoms with Gasteiger partial charge in [-0.1, -0.05) is 20.3 Å². The Morgan fingerprint density at radius 2 is 1.93 bits per heavy atom. The average Bonchev–Trinajstić information content (AvgIpc) is 2.59. The van der Waals surface area contributed by atoms with Gasteiger partial charge < -0.3 is 0 Å². The number of fused-ring (bicyclic) bond motifs is 2. The Morgan fingerprint density at radius 3 is 2.14 bits per heavy atom. The van der Waals surface area contributed by atoms with Crippen LogP contribution >= 0.6 is 0 Å². The second-order valence-corrected chi connectivity index (χ2v) is 5.66. The molecular weight excluding hydrogens is 182 g/mol. The first-order valence-corrected chi connectivity index (χ1v) is 5.75. The zero-order valence-electron chi connectivity index (χ0n) is 9.32. The van der Waals surface area contributed by atoms with Crippen molar-refractivity contribution in [1.29, 1.82) is 0 Å². The van der Waals surface area contributed by atoms with Crippen LogP contribution in [0.5, 0.6) is 0 Å². The van der Waals surface area contributed by atoms with Gasteiger partial charge in [-0.2, -0.15) is 0 Å². The lowest BCUT2D eigenvalue weighted by Gasteiger charge is -2.45. The van der Waals surface area contributed by atoms with E-state index in [2.05, 4.69) is 0 Å². The van der Waals surface area contributed by atoms with Crippen molar-refractivity contribution in [2.75, 3.05) is 0 Å². The maximum Gasteiger partial charge on any atom is 0.251 e. The fraction of sp³-hybridized carbons (Fsp3) is 1.00. The normalized spacial score (nSPS) is 42.4. The molecule has 14 heavy (non-hydrogen) atoms. The van der Waals surface area contributed by atoms with Gasteiger partial charge in [-0.25, -0.2) is 8.78 Å². The molecule has 2 fully saturated rings. The molecule has 3 atom stereocenters. The predicted molar refractivity (Wildman–Crippen MR) is 53.3 cm³/mol. The van der Waals surface area contributed by atoms with Crippen LogP contribution in [0.3, 0.4) is 0 Å². The van der Waals surface area contributed by atoms with Crippen LogP contribution in [0.4, 0.5) is 8.78 Å². The molecule has 0 spiro atoms. The Morgan fingerprint density at radius 1 is 1.29 bits per heavy atom. The van der Waals surface area contributed by atoms with Crippen molar-refractivity contribution in [1.82, 2.24) is 0 Å². The first-order chi connectivity index (χ1) is 6.38. The van der Waals surface area contributed by atoms with Crippen LogP contribution in [0.25, 0.3) is 0 Å². The van der Waals surface area contributed by atoms with E-state index < -0.39 is 11.3 Å². The minimum Gasteiger partial charge on any atom is -0.207 e. The summed E-state index contributed by atoms with van der Waals surface area (Å²) in [5.74, 6) is -1.51. The van der Waals surface area contributed by atoms with Crippen LogP contribution in [0, 0.1) is 23.2 Å². The number of halogens is 2.